The normalized spacial score (nSPS) is 32.6. The molecule has 5 atom stereocenters. The first kappa shape index (κ1) is 18.8. The summed E-state index contributed by atoms with van der Waals surface area (Å²) in [6.45, 7) is 2.86. The van der Waals surface area contributed by atoms with Gasteiger partial charge in [0.1, 0.15) is 5.82 Å². The second kappa shape index (κ2) is 6.79. The second-order valence-electron chi connectivity index (χ2n) is 9.01. The number of carbonyl (C=O) groups excluding carboxylic acids is 1. The summed E-state index contributed by atoms with van der Waals surface area (Å²) in [5, 5.41) is 7.53. The van der Waals surface area contributed by atoms with Gasteiger partial charge in [-0.05, 0) is 55.4 Å². The number of dihydropyridines is 1. The Kier molecular flexibility index (Phi) is 4.12. The van der Waals surface area contributed by atoms with Gasteiger partial charge < -0.3 is 15.5 Å². The molecule has 2 N–H and O–H groups in total. The molecule has 6 rings (SSSR count). The molecule has 5 unspecified atom stereocenters. The molecule has 2 aromatic heterocycles. The molecule has 2 saturated carbocycles. The number of piperidine rings is 1. The minimum absolute atomic E-state index is 0.0465. The number of nitrogens with one attached hydrogen (secondary N) is 2. The lowest BCUT2D eigenvalue weighted by atomic mass is 9.71. The third-order valence-corrected chi connectivity index (χ3v) is 7.36. The van der Waals surface area contributed by atoms with Crippen molar-refractivity contribution in [1.29, 1.82) is 0 Å². The first-order valence-corrected chi connectivity index (χ1v) is 11.1. The van der Waals surface area contributed by atoms with E-state index in [9.17, 15) is 4.79 Å². The highest BCUT2D eigenvalue weighted by Crippen LogP contribution is 2.71. The molecule has 31 heavy (non-hydrogen) atoms. The van der Waals surface area contributed by atoms with Gasteiger partial charge in [0.25, 0.3) is 5.91 Å². The molecule has 4 aliphatic rings. The number of anilines is 1. The number of hydrogen-bond donors (Lipinski definition) is 2. The summed E-state index contributed by atoms with van der Waals surface area (Å²) in [4.78, 5) is 28.9. The summed E-state index contributed by atoms with van der Waals surface area (Å²) in [5.74, 6) is 2.00. The van der Waals surface area contributed by atoms with Gasteiger partial charge >= 0.3 is 0 Å². The zero-order valence-electron chi connectivity index (χ0n) is 17.1. The first-order chi connectivity index (χ1) is 15.0. The lowest BCUT2D eigenvalue weighted by Crippen LogP contribution is -2.60. The zero-order chi connectivity index (χ0) is 21.2. The number of aromatic nitrogens is 3. The Balaban J connectivity index is 1.29. The van der Waals surface area contributed by atoms with Gasteiger partial charge in [0.05, 0.1) is 22.3 Å². The maximum atomic E-state index is 13.7. The SMILES string of the molecule is CC1C=CC(C(=O)N2CC3CC34CC(Nc3ccc(Cl)cn3)C24)=C(c2ncccn2)N1. The van der Waals surface area contributed by atoms with Crippen LogP contribution in [0.2, 0.25) is 5.02 Å². The van der Waals surface area contributed by atoms with Gasteiger partial charge in [0, 0.05) is 37.2 Å². The van der Waals surface area contributed by atoms with Gasteiger partial charge in [-0.15, -0.1) is 0 Å². The third-order valence-electron chi connectivity index (χ3n) is 7.14. The molecule has 7 nitrogen and oxygen atoms in total. The van der Waals surface area contributed by atoms with Crippen LogP contribution >= 0.6 is 11.6 Å². The summed E-state index contributed by atoms with van der Waals surface area (Å²) in [6.07, 6.45) is 11.3. The van der Waals surface area contributed by atoms with Gasteiger partial charge in [-0.1, -0.05) is 17.7 Å². The molecule has 1 amide bonds. The van der Waals surface area contributed by atoms with Gasteiger partial charge in [-0.2, -0.15) is 0 Å². The number of pyridine rings is 1. The average molecular weight is 435 g/mol. The van der Waals surface area contributed by atoms with Crippen LogP contribution in [0.25, 0.3) is 5.70 Å². The van der Waals surface area contributed by atoms with E-state index >= 15 is 0 Å². The molecule has 0 bridgehead atoms. The smallest absolute Gasteiger partial charge is 0.256 e. The monoisotopic (exact) mass is 434 g/mol. The molecule has 2 aliphatic heterocycles. The molecule has 2 aromatic rings. The number of halogens is 1. The van der Waals surface area contributed by atoms with Crippen LogP contribution in [-0.4, -0.2) is 50.4 Å². The highest BCUT2D eigenvalue weighted by Gasteiger charge is 2.75. The van der Waals surface area contributed by atoms with Crippen molar-refractivity contribution in [2.75, 3.05) is 11.9 Å². The van der Waals surface area contributed by atoms with E-state index in [1.54, 1.807) is 24.7 Å². The Bertz CT molecular complexity index is 1100. The van der Waals surface area contributed by atoms with Gasteiger partial charge in [0.15, 0.2) is 5.82 Å². The standard InChI is InChI=1S/C23H23ClN6O/c1-13-3-5-16(19(28-13)21-25-7-2-8-26-21)22(31)30-12-14-9-23(14)10-17(20(23)30)29-18-6-4-15(24)11-27-18/h2-8,11,13-14,17,20,28H,9-10,12H2,1H3,(H,27,29). The van der Waals surface area contributed by atoms with Crippen molar-refractivity contribution in [3.05, 3.63) is 65.4 Å². The van der Waals surface area contributed by atoms with Crippen molar-refractivity contribution in [2.24, 2.45) is 11.3 Å². The molecule has 158 valence electrons. The van der Waals surface area contributed by atoms with Gasteiger partial charge in [0.2, 0.25) is 0 Å². The minimum Gasteiger partial charge on any atom is -0.375 e. The van der Waals surface area contributed by atoms with Crippen LogP contribution in [0.1, 0.15) is 25.6 Å². The van der Waals surface area contributed by atoms with E-state index in [1.165, 1.54) is 6.42 Å². The summed E-state index contributed by atoms with van der Waals surface area (Å²) in [6, 6.07) is 5.99. The fraction of sp³-hybridized carbons (Fsp3) is 0.391. The Morgan fingerprint density at radius 3 is 2.87 bits per heavy atom. The van der Waals surface area contributed by atoms with Gasteiger partial charge in [-0.25, -0.2) is 15.0 Å². The summed E-state index contributed by atoms with van der Waals surface area (Å²) in [5.41, 5.74) is 1.62. The van der Waals surface area contributed by atoms with E-state index in [-0.39, 0.29) is 29.4 Å². The van der Waals surface area contributed by atoms with E-state index in [0.717, 1.165) is 18.8 Å². The van der Waals surface area contributed by atoms with Crippen molar-refractivity contribution in [1.82, 2.24) is 25.2 Å². The summed E-state index contributed by atoms with van der Waals surface area (Å²) >= 11 is 5.97. The molecule has 2 aliphatic carbocycles. The number of likely N-dealkylation sites (tertiary alicyclic amines) is 1. The van der Waals surface area contributed by atoms with Crippen molar-refractivity contribution < 1.29 is 4.79 Å². The van der Waals surface area contributed by atoms with E-state index < -0.39 is 0 Å². The van der Waals surface area contributed by atoms with Crippen LogP contribution in [0.5, 0.6) is 0 Å². The fourth-order valence-electron chi connectivity index (χ4n) is 5.63. The Morgan fingerprint density at radius 1 is 1.26 bits per heavy atom. The van der Waals surface area contributed by atoms with Crippen LogP contribution in [0.3, 0.4) is 0 Å². The second-order valence-corrected chi connectivity index (χ2v) is 9.44. The topological polar surface area (TPSA) is 83.0 Å². The fourth-order valence-corrected chi connectivity index (χ4v) is 5.74. The van der Waals surface area contributed by atoms with Crippen LogP contribution in [0.15, 0.2) is 54.5 Å². The summed E-state index contributed by atoms with van der Waals surface area (Å²) in [7, 11) is 0. The molecule has 8 heteroatoms. The highest BCUT2D eigenvalue weighted by atomic mass is 35.5. The Hall–Kier alpha value is -2.93. The maximum absolute atomic E-state index is 13.7. The maximum Gasteiger partial charge on any atom is 0.256 e. The van der Waals surface area contributed by atoms with Crippen molar-refractivity contribution >= 4 is 29.0 Å². The van der Waals surface area contributed by atoms with Crippen molar-refractivity contribution in [2.45, 2.75) is 37.9 Å². The molecular weight excluding hydrogens is 412 g/mol. The molecule has 3 fully saturated rings. The largest absolute Gasteiger partial charge is 0.375 e. The average Bonchev–Trinajstić information content (AvgIpc) is 3.43. The van der Waals surface area contributed by atoms with Crippen LogP contribution in [-0.2, 0) is 4.79 Å². The Morgan fingerprint density at radius 2 is 2.10 bits per heavy atom. The minimum atomic E-state index is 0.0465. The van der Waals surface area contributed by atoms with E-state index in [2.05, 4.69) is 30.5 Å². The number of hydrogen-bond acceptors (Lipinski definition) is 6. The number of rotatable bonds is 4. The summed E-state index contributed by atoms with van der Waals surface area (Å²) < 4.78 is 0. The van der Waals surface area contributed by atoms with E-state index in [0.29, 0.717) is 28.0 Å². The number of nitrogens with zero attached hydrogens (tertiary/aromatic N) is 4. The van der Waals surface area contributed by atoms with Crippen molar-refractivity contribution in [3.8, 4) is 0 Å². The van der Waals surface area contributed by atoms with Gasteiger partial charge in [-0.3, -0.25) is 4.79 Å². The van der Waals surface area contributed by atoms with Crippen LogP contribution in [0.4, 0.5) is 5.82 Å². The number of amides is 1. The van der Waals surface area contributed by atoms with Crippen LogP contribution < -0.4 is 10.6 Å². The molecule has 1 saturated heterocycles. The highest BCUT2D eigenvalue weighted by molar-refractivity contribution is 6.30. The van der Waals surface area contributed by atoms with E-state index in [4.69, 9.17) is 11.6 Å². The quantitative estimate of drug-likeness (QED) is 0.769. The third kappa shape index (κ3) is 2.94. The van der Waals surface area contributed by atoms with E-state index in [1.807, 2.05) is 31.2 Å². The predicted molar refractivity (Wildman–Crippen MR) is 118 cm³/mol. The van der Waals surface area contributed by atoms with Crippen molar-refractivity contribution in [3.63, 3.8) is 0 Å². The molecule has 0 aromatic carbocycles. The lowest BCUT2D eigenvalue weighted by Gasteiger charge is -2.48. The lowest BCUT2D eigenvalue weighted by molar-refractivity contribution is -0.131. The molecule has 0 radical (unpaired) electrons. The molecule has 1 spiro atoms. The van der Waals surface area contributed by atoms with Crippen LogP contribution in [0, 0.1) is 11.3 Å². The molecular formula is C23H23ClN6O. The molecule has 4 heterocycles. The predicted octanol–water partition coefficient (Wildman–Crippen LogP) is 2.89. The number of carbonyl (C=O) groups is 1. The first-order valence-electron chi connectivity index (χ1n) is 10.7. The zero-order valence-corrected chi connectivity index (χ0v) is 17.9. The Labute approximate surface area is 185 Å².